The van der Waals surface area contributed by atoms with E-state index in [4.69, 9.17) is 0 Å². The van der Waals surface area contributed by atoms with Crippen LogP contribution >= 0.6 is 0 Å². The van der Waals surface area contributed by atoms with E-state index >= 15 is 0 Å². The van der Waals surface area contributed by atoms with Gasteiger partial charge in [-0.3, -0.25) is 9.36 Å². The highest BCUT2D eigenvalue weighted by Crippen LogP contribution is 2.19. The third-order valence-corrected chi connectivity index (χ3v) is 3.47. The number of fused-ring (bicyclic) bond motifs is 1. The quantitative estimate of drug-likeness (QED) is 0.679. The van der Waals surface area contributed by atoms with Crippen LogP contribution in [0.15, 0.2) is 41.3 Å². The first kappa shape index (κ1) is 12.5. The molecule has 100 valence electrons. The molecule has 0 radical (unpaired) electrons. The molecule has 4 heteroatoms. The van der Waals surface area contributed by atoms with Gasteiger partial charge in [-0.2, -0.15) is 0 Å². The molecule has 1 aromatic carbocycles. The molecule has 3 aromatic rings. The average Bonchev–Trinajstić information content (AvgIpc) is 2.42. The molecule has 0 saturated heterocycles. The maximum absolute atomic E-state index is 12.7. The van der Waals surface area contributed by atoms with Crippen LogP contribution in [0.2, 0.25) is 0 Å². The summed E-state index contributed by atoms with van der Waals surface area (Å²) in [4.78, 5) is 21.3. The first-order chi connectivity index (χ1) is 9.59. The lowest BCUT2D eigenvalue weighted by atomic mass is 10.1. The van der Waals surface area contributed by atoms with E-state index in [9.17, 15) is 4.79 Å². The van der Waals surface area contributed by atoms with Crippen LogP contribution in [0.4, 0.5) is 0 Å². The lowest BCUT2D eigenvalue weighted by Gasteiger charge is -2.15. The molecular formula is C16H15N3O. The Morgan fingerprint density at radius 1 is 1.00 bits per heavy atom. The van der Waals surface area contributed by atoms with Crippen molar-refractivity contribution >= 4 is 11.0 Å². The van der Waals surface area contributed by atoms with Gasteiger partial charge in [0.2, 0.25) is 0 Å². The maximum atomic E-state index is 12.7. The second kappa shape index (κ2) is 4.56. The highest BCUT2D eigenvalue weighted by atomic mass is 16.1. The Kier molecular flexibility index (Phi) is 2.86. The number of hydrogen-bond donors (Lipinski definition) is 0. The molecule has 0 unspecified atom stereocenters. The van der Waals surface area contributed by atoms with E-state index in [0.29, 0.717) is 16.9 Å². The highest BCUT2D eigenvalue weighted by Gasteiger charge is 2.13. The summed E-state index contributed by atoms with van der Waals surface area (Å²) in [5.41, 5.74) is 3.45. The molecule has 20 heavy (non-hydrogen) atoms. The lowest BCUT2D eigenvalue weighted by Crippen LogP contribution is -2.24. The largest absolute Gasteiger partial charge is 0.268 e. The Morgan fingerprint density at radius 2 is 1.70 bits per heavy atom. The summed E-state index contributed by atoms with van der Waals surface area (Å²) < 4.78 is 1.68. The second-order valence-corrected chi connectivity index (χ2v) is 4.91. The van der Waals surface area contributed by atoms with E-state index in [2.05, 4.69) is 9.97 Å². The van der Waals surface area contributed by atoms with Gasteiger partial charge in [0.25, 0.3) is 5.56 Å². The molecule has 0 aliphatic rings. The van der Waals surface area contributed by atoms with Crippen molar-refractivity contribution in [3.8, 4) is 5.69 Å². The van der Waals surface area contributed by atoms with Crippen molar-refractivity contribution in [3.63, 3.8) is 0 Å². The molecule has 0 aliphatic heterocycles. The van der Waals surface area contributed by atoms with Crippen LogP contribution in [0.25, 0.3) is 16.7 Å². The smallest absolute Gasteiger partial charge is 0.267 e. The zero-order valence-electron chi connectivity index (χ0n) is 11.7. The highest BCUT2D eigenvalue weighted by molar-refractivity contribution is 5.73. The van der Waals surface area contributed by atoms with Gasteiger partial charge in [0.05, 0.1) is 11.1 Å². The SMILES string of the molecule is Cc1cccc(C)c1-n1c(C)nc2ncccc2c1=O. The van der Waals surface area contributed by atoms with Crippen LogP contribution in [0, 0.1) is 20.8 Å². The average molecular weight is 265 g/mol. The summed E-state index contributed by atoms with van der Waals surface area (Å²) in [5, 5.41) is 0.542. The Hall–Kier alpha value is -2.49. The molecular weight excluding hydrogens is 250 g/mol. The number of nitrogens with zero attached hydrogens (tertiary/aromatic N) is 3. The fraction of sp³-hybridized carbons (Fsp3) is 0.188. The first-order valence-corrected chi connectivity index (χ1v) is 6.50. The fourth-order valence-corrected chi connectivity index (χ4v) is 2.55. The van der Waals surface area contributed by atoms with Crippen LogP contribution < -0.4 is 5.56 Å². The minimum absolute atomic E-state index is 0.0713. The van der Waals surface area contributed by atoms with Gasteiger partial charge in [0.1, 0.15) is 5.82 Å². The third-order valence-electron chi connectivity index (χ3n) is 3.47. The Morgan fingerprint density at radius 3 is 2.40 bits per heavy atom. The van der Waals surface area contributed by atoms with E-state index < -0.39 is 0 Å². The van der Waals surface area contributed by atoms with Crippen molar-refractivity contribution in [2.45, 2.75) is 20.8 Å². The maximum Gasteiger partial charge on any atom is 0.267 e. The molecule has 0 spiro atoms. The van der Waals surface area contributed by atoms with Crippen molar-refractivity contribution in [1.29, 1.82) is 0 Å². The van der Waals surface area contributed by atoms with Crippen molar-refractivity contribution in [1.82, 2.24) is 14.5 Å². The van der Waals surface area contributed by atoms with Crippen LogP contribution in [0.3, 0.4) is 0 Å². The molecule has 0 N–H and O–H groups in total. The molecule has 2 aromatic heterocycles. The monoisotopic (exact) mass is 265 g/mol. The Labute approximate surface area is 116 Å². The number of rotatable bonds is 1. The number of benzene rings is 1. The van der Waals surface area contributed by atoms with Gasteiger partial charge in [-0.1, -0.05) is 18.2 Å². The van der Waals surface area contributed by atoms with Gasteiger partial charge in [0, 0.05) is 6.20 Å². The second-order valence-electron chi connectivity index (χ2n) is 4.91. The summed E-state index contributed by atoms with van der Waals surface area (Å²) in [7, 11) is 0. The van der Waals surface area contributed by atoms with E-state index in [-0.39, 0.29) is 5.56 Å². The van der Waals surface area contributed by atoms with Crippen molar-refractivity contribution in [2.24, 2.45) is 0 Å². The van der Waals surface area contributed by atoms with Gasteiger partial charge in [-0.25, -0.2) is 9.97 Å². The van der Waals surface area contributed by atoms with E-state index in [1.54, 1.807) is 22.9 Å². The predicted molar refractivity (Wildman–Crippen MR) is 79.3 cm³/mol. The van der Waals surface area contributed by atoms with Gasteiger partial charge in [-0.05, 0) is 44.0 Å². The van der Waals surface area contributed by atoms with E-state index in [1.807, 2.05) is 39.0 Å². The standard InChI is InChI=1S/C16H15N3O/c1-10-6-4-7-11(2)14(10)19-12(3)18-15-13(16(19)20)8-5-9-17-15/h4-9H,1-3H3. The number of aryl methyl sites for hydroxylation is 3. The molecule has 0 atom stereocenters. The molecule has 0 saturated carbocycles. The van der Waals surface area contributed by atoms with Crippen LogP contribution in [0.5, 0.6) is 0 Å². The molecule has 0 amide bonds. The van der Waals surface area contributed by atoms with Gasteiger partial charge in [0.15, 0.2) is 5.65 Å². The van der Waals surface area contributed by atoms with Gasteiger partial charge >= 0.3 is 0 Å². The summed E-state index contributed by atoms with van der Waals surface area (Å²) in [6.07, 6.45) is 1.65. The third kappa shape index (κ3) is 1.81. The van der Waals surface area contributed by atoms with E-state index in [0.717, 1.165) is 16.8 Å². The van der Waals surface area contributed by atoms with Crippen LogP contribution in [0.1, 0.15) is 17.0 Å². The van der Waals surface area contributed by atoms with Crippen LogP contribution in [-0.2, 0) is 0 Å². The fourth-order valence-electron chi connectivity index (χ4n) is 2.55. The summed E-state index contributed by atoms with van der Waals surface area (Å²) in [5.74, 6) is 0.651. The molecule has 2 heterocycles. The van der Waals surface area contributed by atoms with Crippen molar-refractivity contribution < 1.29 is 0 Å². The van der Waals surface area contributed by atoms with Crippen molar-refractivity contribution in [3.05, 3.63) is 63.8 Å². The zero-order chi connectivity index (χ0) is 14.3. The molecule has 0 bridgehead atoms. The topological polar surface area (TPSA) is 47.8 Å². The summed E-state index contributed by atoms with van der Waals surface area (Å²) in [6.45, 7) is 5.84. The minimum Gasteiger partial charge on any atom is -0.268 e. The zero-order valence-corrected chi connectivity index (χ0v) is 11.7. The summed E-state index contributed by atoms with van der Waals surface area (Å²) >= 11 is 0. The predicted octanol–water partition coefficient (Wildman–Crippen LogP) is 2.71. The van der Waals surface area contributed by atoms with Crippen molar-refractivity contribution in [2.75, 3.05) is 0 Å². The minimum atomic E-state index is -0.0713. The Balaban J connectivity index is 2.46. The van der Waals surface area contributed by atoms with Gasteiger partial charge in [-0.15, -0.1) is 0 Å². The molecule has 4 nitrogen and oxygen atoms in total. The van der Waals surface area contributed by atoms with Crippen LogP contribution in [-0.4, -0.2) is 14.5 Å². The van der Waals surface area contributed by atoms with E-state index in [1.165, 1.54) is 0 Å². The lowest BCUT2D eigenvalue weighted by molar-refractivity contribution is 0.875. The summed E-state index contributed by atoms with van der Waals surface area (Å²) in [6, 6.07) is 9.52. The molecule has 3 rings (SSSR count). The molecule has 0 aliphatic carbocycles. The number of para-hydroxylation sites is 1. The number of pyridine rings is 1. The number of aromatic nitrogens is 3. The first-order valence-electron chi connectivity index (χ1n) is 6.50. The van der Waals surface area contributed by atoms with Gasteiger partial charge < -0.3 is 0 Å². The normalized spacial score (nSPS) is 10.9. The number of hydrogen-bond acceptors (Lipinski definition) is 3. The molecule has 0 fully saturated rings. The Bertz CT molecular complexity index is 845.